The number of nitrogens with one attached hydrogen (secondary N) is 1. The van der Waals surface area contributed by atoms with Gasteiger partial charge in [-0.15, -0.1) is 0 Å². The lowest BCUT2D eigenvalue weighted by Crippen LogP contribution is -2.47. The summed E-state index contributed by atoms with van der Waals surface area (Å²) in [6.45, 7) is 5.85. The number of amides is 1. The average molecular weight is 402 g/mol. The van der Waals surface area contributed by atoms with Crippen LogP contribution >= 0.6 is 0 Å². The van der Waals surface area contributed by atoms with Crippen LogP contribution in [0.15, 0.2) is 59.2 Å². The minimum Gasteiger partial charge on any atom is -0.448 e. The second-order valence-electron chi connectivity index (χ2n) is 8.08. The van der Waals surface area contributed by atoms with Crippen molar-refractivity contribution in [3.05, 3.63) is 71.9 Å². The quantitative estimate of drug-likeness (QED) is 0.684. The molecule has 1 saturated heterocycles. The maximum Gasteiger partial charge on any atom is 0.277 e. The molecule has 2 aliphatic rings. The largest absolute Gasteiger partial charge is 0.448 e. The number of para-hydroxylation sites is 3. The molecule has 1 aromatic heterocycles. The van der Waals surface area contributed by atoms with E-state index in [1.807, 2.05) is 18.2 Å². The molecule has 0 spiro atoms. The lowest BCUT2D eigenvalue weighted by atomic mass is 10.1. The number of nitrogens with zero attached hydrogens (tertiary/aromatic N) is 3. The van der Waals surface area contributed by atoms with Crippen LogP contribution in [0.1, 0.15) is 40.7 Å². The number of hydrogen-bond donors (Lipinski definition) is 1. The number of piperazine rings is 1. The summed E-state index contributed by atoms with van der Waals surface area (Å²) >= 11 is 0. The highest BCUT2D eigenvalue weighted by Gasteiger charge is 2.29. The van der Waals surface area contributed by atoms with Crippen molar-refractivity contribution in [1.82, 2.24) is 4.98 Å². The fourth-order valence-corrected chi connectivity index (χ4v) is 4.06. The highest BCUT2D eigenvalue weighted by atomic mass is 16.3. The number of hydrogen-bond acceptors (Lipinski definition) is 5. The minimum absolute atomic E-state index is 0.225. The van der Waals surface area contributed by atoms with E-state index in [0.29, 0.717) is 17.5 Å². The average Bonchev–Trinajstić information content (AvgIpc) is 3.51. The fourth-order valence-electron chi connectivity index (χ4n) is 4.06. The number of aryl methyl sites for hydroxylation is 1. The number of benzene rings is 2. The molecule has 0 unspecified atom stereocenters. The molecule has 1 N–H and O–H groups in total. The maximum atomic E-state index is 12.7. The first kappa shape index (κ1) is 18.7. The second-order valence-corrected chi connectivity index (χ2v) is 8.08. The van der Waals surface area contributed by atoms with Gasteiger partial charge in [-0.05, 0) is 43.5 Å². The minimum atomic E-state index is -0.225. The molecule has 1 saturated carbocycles. The predicted octanol–water partition coefficient (Wildman–Crippen LogP) is 4.44. The van der Waals surface area contributed by atoms with E-state index in [2.05, 4.69) is 57.4 Å². The van der Waals surface area contributed by atoms with Crippen molar-refractivity contribution in [1.29, 1.82) is 0 Å². The van der Waals surface area contributed by atoms with Gasteiger partial charge in [0.05, 0.1) is 11.4 Å². The van der Waals surface area contributed by atoms with Gasteiger partial charge in [0, 0.05) is 37.8 Å². The zero-order valence-corrected chi connectivity index (χ0v) is 17.2. The highest BCUT2D eigenvalue weighted by Crippen LogP contribution is 2.39. The van der Waals surface area contributed by atoms with Gasteiger partial charge in [-0.25, -0.2) is 4.98 Å². The Balaban J connectivity index is 1.28. The number of oxazole rings is 1. The molecule has 0 bridgehead atoms. The maximum absolute atomic E-state index is 12.7. The van der Waals surface area contributed by atoms with Crippen molar-refractivity contribution in [3.8, 4) is 0 Å². The number of anilines is 3. The van der Waals surface area contributed by atoms with E-state index in [-0.39, 0.29) is 5.91 Å². The second kappa shape index (κ2) is 7.86. The molecular weight excluding hydrogens is 376 g/mol. The molecule has 30 heavy (non-hydrogen) atoms. The zero-order valence-electron chi connectivity index (χ0n) is 17.2. The van der Waals surface area contributed by atoms with Crippen molar-refractivity contribution in [3.63, 3.8) is 0 Å². The summed E-state index contributed by atoms with van der Waals surface area (Å²) in [5.41, 5.74) is 4.80. The van der Waals surface area contributed by atoms with Gasteiger partial charge >= 0.3 is 0 Å². The van der Waals surface area contributed by atoms with Gasteiger partial charge in [0.15, 0.2) is 11.6 Å². The SMILES string of the molecule is Cc1ccccc1N1CCN(c2ccccc2NC(=O)c2coc(C3CC3)n2)CC1. The van der Waals surface area contributed by atoms with Gasteiger partial charge in [-0.2, -0.15) is 0 Å². The van der Waals surface area contributed by atoms with E-state index >= 15 is 0 Å². The zero-order chi connectivity index (χ0) is 20.5. The van der Waals surface area contributed by atoms with Gasteiger partial charge in [0.25, 0.3) is 5.91 Å². The molecule has 0 radical (unpaired) electrons. The number of aromatic nitrogens is 1. The Morgan fingerprint density at radius 2 is 1.60 bits per heavy atom. The van der Waals surface area contributed by atoms with Crippen molar-refractivity contribution in [2.75, 3.05) is 41.3 Å². The molecule has 1 amide bonds. The smallest absolute Gasteiger partial charge is 0.277 e. The van der Waals surface area contributed by atoms with Crippen LogP contribution in [0.5, 0.6) is 0 Å². The Bertz CT molecular complexity index is 1050. The Hall–Kier alpha value is -3.28. The molecule has 1 aliphatic carbocycles. The van der Waals surface area contributed by atoms with Gasteiger partial charge in [0.1, 0.15) is 6.26 Å². The number of carbonyl (C=O) groups excluding carboxylic acids is 1. The Morgan fingerprint density at radius 1 is 0.967 bits per heavy atom. The fraction of sp³-hybridized carbons (Fsp3) is 0.333. The summed E-state index contributed by atoms with van der Waals surface area (Å²) < 4.78 is 5.47. The van der Waals surface area contributed by atoms with Gasteiger partial charge in [-0.3, -0.25) is 4.79 Å². The summed E-state index contributed by atoms with van der Waals surface area (Å²) in [6.07, 6.45) is 3.66. The molecule has 5 rings (SSSR count). The molecule has 154 valence electrons. The molecule has 3 aromatic rings. The highest BCUT2D eigenvalue weighted by molar-refractivity contribution is 6.04. The Kier molecular flexibility index (Phi) is 4.91. The van der Waals surface area contributed by atoms with Crippen molar-refractivity contribution in [2.45, 2.75) is 25.7 Å². The summed E-state index contributed by atoms with van der Waals surface area (Å²) in [4.78, 5) is 21.9. The normalized spacial score (nSPS) is 16.6. The topological polar surface area (TPSA) is 61.6 Å². The van der Waals surface area contributed by atoms with Gasteiger partial charge in [0.2, 0.25) is 0 Å². The summed E-state index contributed by atoms with van der Waals surface area (Å²) in [5.74, 6) is 0.848. The molecule has 6 heteroatoms. The van der Waals surface area contributed by atoms with Crippen molar-refractivity contribution < 1.29 is 9.21 Å². The van der Waals surface area contributed by atoms with Crippen LogP contribution in [-0.2, 0) is 0 Å². The van der Waals surface area contributed by atoms with E-state index in [1.54, 1.807) is 0 Å². The molecular formula is C24H26N4O2. The Morgan fingerprint density at radius 3 is 2.30 bits per heavy atom. The molecule has 2 aromatic carbocycles. The lowest BCUT2D eigenvalue weighted by Gasteiger charge is -2.38. The van der Waals surface area contributed by atoms with Crippen LogP contribution in [0, 0.1) is 6.92 Å². The van der Waals surface area contributed by atoms with Crippen LogP contribution in [0.2, 0.25) is 0 Å². The van der Waals surface area contributed by atoms with Crippen LogP contribution in [-0.4, -0.2) is 37.1 Å². The molecule has 6 nitrogen and oxygen atoms in total. The van der Waals surface area contributed by atoms with Crippen LogP contribution in [0.25, 0.3) is 0 Å². The third-order valence-electron chi connectivity index (χ3n) is 5.91. The summed E-state index contributed by atoms with van der Waals surface area (Å²) in [6, 6.07) is 16.5. The molecule has 2 fully saturated rings. The molecule has 1 aliphatic heterocycles. The first-order chi connectivity index (χ1) is 14.7. The first-order valence-electron chi connectivity index (χ1n) is 10.6. The van der Waals surface area contributed by atoms with E-state index in [9.17, 15) is 4.79 Å². The van der Waals surface area contributed by atoms with Gasteiger partial charge in [-0.1, -0.05) is 30.3 Å². The van der Waals surface area contributed by atoms with E-state index in [4.69, 9.17) is 4.42 Å². The Labute approximate surface area is 176 Å². The monoisotopic (exact) mass is 402 g/mol. The van der Waals surface area contributed by atoms with E-state index in [1.165, 1.54) is 17.5 Å². The van der Waals surface area contributed by atoms with Crippen molar-refractivity contribution >= 4 is 23.0 Å². The third-order valence-corrected chi connectivity index (χ3v) is 5.91. The number of rotatable bonds is 5. The molecule has 0 atom stereocenters. The van der Waals surface area contributed by atoms with E-state index < -0.39 is 0 Å². The third kappa shape index (κ3) is 3.77. The summed E-state index contributed by atoms with van der Waals surface area (Å²) in [7, 11) is 0. The van der Waals surface area contributed by atoms with E-state index in [0.717, 1.165) is 50.4 Å². The van der Waals surface area contributed by atoms with Crippen molar-refractivity contribution in [2.24, 2.45) is 0 Å². The predicted molar refractivity (Wildman–Crippen MR) is 118 cm³/mol. The lowest BCUT2D eigenvalue weighted by molar-refractivity contribution is 0.102. The number of carbonyl (C=O) groups is 1. The van der Waals surface area contributed by atoms with Crippen LogP contribution in [0.3, 0.4) is 0 Å². The molecule has 2 heterocycles. The van der Waals surface area contributed by atoms with Crippen LogP contribution < -0.4 is 15.1 Å². The van der Waals surface area contributed by atoms with Crippen LogP contribution in [0.4, 0.5) is 17.1 Å². The van der Waals surface area contributed by atoms with Gasteiger partial charge < -0.3 is 19.5 Å². The first-order valence-corrected chi connectivity index (χ1v) is 10.6. The standard InChI is InChI=1S/C24H26N4O2/c1-17-6-2-4-8-21(17)27-12-14-28(15-13-27)22-9-5-3-7-19(22)25-23(29)20-16-30-24(26-20)18-10-11-18/h2-9,16,18H,10-15H2,1H3,(H,25,29). The summed E-state index contributed by atoms with van der Waals surface area (Å²) in [5, 5.41) is 3.03.